The molecule has 0 spiro atoms. The molecule has 2 heterocycles. The maximum absolute atomic E-state index is 14.0. The number of carbonyl (C=O) groups is 1. The van der Waals surface area contributed by atoms with Crippen molar-refractivity contribution in [2.24, 2.45) is 0 Å². The van der Waals surface area contributed by atoms with Gasteiger partial charge in [0, 0.05) is 22.6 Å². The first kappa shape index (κ1) is 24.7. The van der Waals surface area contributed by atoms with E-state index in [1.807, 2.05) is 0 Å². The number of nitrogens with one attached hydrogen (secondary N) is 1. The predicted octanol–water partition coefficient (Wildman–Crippen LogP) is 4.83. The van der Waals surface area contributed by atoms with Crippen LogP contribution >= 0.6 is 11.6 Å². The van der Waals surface area contributed by atoms with Gasteiger partial charge in [-0.25, -0.2) is 22.9 Å². The van der Waals surface area contributed by atoms with Gasteiger partial charge in [-0.05, 0) is 38.1 Å². The fourth-order valence-corrected chi connectivity index (χ4v) is 2.89. The van der Waals surface area contributed by atoms with Crippen LogP contribution in [-0.2, 0) is 11.4 Å². The van der Waals surface area contributed by atoms with Crippen molar-refractivity contribution >= 4 is 17.6 Å². The Balaban J connectivity index is 0.000000423. The third kappa shape index (κ3) is 7.28. The summed E-state index contributed by atoms with van der Waals surface area (Å²) in [5.41, 5.74) is 0.415. The number of ether oxygens (including phenoxy) is 1. The molecule has 170 valence electrons. The summed E-state index contributed by atoms with van der Waals surface area (Å²) in [4.78, 5) is 12.9. The van der Waals surface area contributed by atoms with Gasteiger partial charge in [-0.1, -0.05) is 17.7 Å². The monoisotopic (exact) mass is 470 g/mol. The van der Waals surface area contributed by atoms with Crippen molar-refractivity contribution in [3.05, 3.63) is 58.0 Å². The number of hydrogen-bond donors (Lipinski definition) is 2. The molecule has 1 aliphatic rings. The lowest BCUT2D eigenvalue weighted by atomic mass is 9.94. The highest BCUT2D eigenvalue weighted by Crippen LogP contribution is 2.29. The lowest BCUT2D eigenvalue weighted by Crippen LogP contribution is -2.27. The molecule has 0 radical (unpaired) electrons. The molecule has 0 bridgehead atoms. The molecule has 0 atom stereocenters. The third-order valence-electron chi connectivity index (χ3n) is 4.27. The number of nitrogens with zero attached hydrogens (tertiary/aromatic N) is 1. The van der Waals surface area contributed by atoms with Gasteiger partial charge in [-0.15, -0.1) is 0 Å². The lowest BCUT2D eigenvalue weighted by Gasteiger charge is -2.23. The van der Waals surface area contributed by atoms with Crippen LogP contribution in [0, 0.1) is 17.5 Å². The largest absolute Gasteiger partial charge is 0.490 e. The van der Waals surface area contributed by atoms with Gasteiger partial charge in [0.05, 0.1) is 5.69 Å². The molecule has 0 aliphatic carbocycles. The molecule has 0 amide bonds. The fraction of sp³-hybridized carbons (Fsp3) is 0.368. The van der Waals surface area contributed by atoms with Gasteiger partial charge in [-0.3, -0.25) is 0 Å². The van der Waals surface area contributed by atoms with Crippen LogP contribution in [0.1, 0.15) is 30.0 Å². The predicted molar refractivity (Wildman–Crippen MR) is 98.4 cm³/mol. The maximum Gasteiger partial charge on any atom is 0.490 e. The molecule has 1 aromatic heterocycles. The van der Waals surface area contributed by atoms with Crippen molar-refractivity contribution in [3.8, 4) is 5.88 Å². The van der Waals surface area contributed by atoms with E-state index >= 15 is 0 Å². The number of rotatable bonds is 4. The number of alkyl halides is 3. The molecule has 2 aromatic rings. The molecule has 31 heavy (non-hydrogen) atoms. The van der Waals surface area contributed by atoms with Crippen molar-refractivity contribution in [2.75, 3.05) is 13.1 Å². The molecule has 1 saturated heterocycles. The minimum Gasteiger partial charge on any atom is -0.475 e. The SMILES string of the molecule is Fc1cc(Cl)ccc1COc1nc(C2CCNCC2)c(F)cc1F.O=C(O)C(F)(F)F. The molecule has 1 fully saturated rings. The van der Waals surface area contributed by atoms with Crippen molar-refractivity contribution < 1.29 is 41.0 Å². The Kier molecular flexibility index (Phi) is 8.52. The van der Waals surface area contributed by atoms with E-state index in [1.54, 1.807) is 0 Å². The Morgan fingerprint density at radius 2 is 1.74 bits per heavy atom. The summed E-state index contributed by atoms with van der Waals surface area (Å²) in [6.45, 7) is 1.30. The number of benzene rings is 1. The van der Waals surface area contributed by atoms with Crippen molar-refractivity contribution in [2.45, 2.75) is 31.5 Å². The number of carboxylic acids is 1. The number of carboxylic acid groups (broad SMARTS) is 1. The molecule has 3 rings (SSSR count). The first-order valence-electron chi connectivity index (χ1n) is 8.92. The molecular formula is C19H17ClF6N2O3. The summed E-state index contributed by atoms with van der Waals surface area (Å²) >= 11 is 5.68. The Morgan fingerprint density at radius 3 is 2.29 bits per heavy atom. The lowest BCUT2D eigenvalue weighted by molar-refractivity contribution is -0.192. The number of aliphatic carboxylic acids is 1. The quantitative estimate of drug-likeness (QED) is 0.626. The van der Waals surface area contributed by atoms with Crippen LogP contribution in [0.25, 0.3) is 0 Å². The molecular weight excluding hydrogens is 454 g/mol. The van der Waals surface area contributed by atoms with Gasteiger partial charge in [0.15, 0.2) is 5.82 Å². The van der Waals surface area contributed by atoms with Gasteiger partial charge in [0.2, 0.25) is 0 Å². The molecule has 2 N–H and O–H groups in total. The smallest absolute Gasteiger partial charge is 0.475 e. The summed E-state index contributed by atoms with van der Waals surface area (Å²) in [5, 5.41) is 10.6. The number of halogens is 7. The van der Waals surface area contributed by atoms with E-state index in [9.17, 15) is 26.3 Å². The zero-order chi connectivity index (χ0) is 23.2. The summed E-state index contributed by atoms with van der Waals surface area (Å²) in [7, 11) is 0. The normalized spacial score (nSPS) is 14.5. The minimum atomic E-state index is -5.08. The second kappa shape index (κ2) is 10.7. The molecule has 12 heteroatoms. The first-order chi connectivity index (χ1) is 14.5. The van der Waals surface area contributed by atoms with E-state index in [1.165, 1.54) is 12.1 Å². The average molecular weight is 471 g/mol. The molecule has 5 nitrogen and oxygen atoms in total. The Hall–Kier alpha value is -2.53. The topological polar surface area (TPSA) is 71.5 Å². The summed E-state index contributed by atoms with van der Waals surface area (Å²) < 4.78 is 78.7. The standard InChI is InChI=1S/C17H16ClF3N2O.C2HF3O2/c18-12-2-1-11(13(19)7-12)9-24-17-15(21)8-14(20)16(23-17)10-3-5-22-6-4-10;3-2(4,5)1(6)7/h1-2,7-8,10,22H,3-6,9H2;(H,6,7). The molecule has 1 aromatic carbocycles. The van der Waals surface area contributed by atoms with E-state index in [0.29, 0.717) is 0 Å². The van der Waals surface area contributed by atoms with E-state index < -0.39 is 29.6 Å². The van der Waals surface area contributed by atoms with Gasteiger partial charge in [0.1, 0.15) is 18.2 Å². The van der Waals surface area contributed by atoms with E-state index in [-0.39, 0.29) is 34.7 Å². The Labute approximate surface area is 178 Å². The summed E-state index contributed by atoms with van der Waals surface area (Å²) in [6, 6.07) is 4.89. The number of piperidine rings is 1. The maximum atomic E-state index is 14.0. The number of pyridine rings is 1. The Morgan fingerprint density at radius 1 is 1.13 bits per heavy atom. The second-order valence-electron chi connectivity index (χ2n) is 6.49. The van der Waals surface area contributed by atoms with Crippen LogP contribution in [0.2, 0.25) is 5.02 Å². The third-order valence-corrected chi connectivity index (χ3v) is 4.51. The van der Waals surface area contributed by atoms with Gasteiger partial charge >= 0.3 is 12.1 Å². The van der Waals surface area contributed by atoms with Gasteiger partial charge in [0.25, 0.3) is 5.88 Å². The molecule has 0 saturated carbocycles. The Bertz CT molecular complexity index is 920. The van der Waals surface area contributed by atoms with Crippen molar-refractivity contribution in [1.82, 2.24) is 10.3 Å². The second-order valence-corrected chi connectivity index (χ2v) is 6.93. The zero-order valence-corrected chi connectivity index (χ0v) is 16.5. The summed E-state index contributed by atoms with van der Waals surface area (Å²) in [6.07, 6.45) is -3.64. The summed E-state index contributed by atoms with van der Waals surface area (Å²) in [5.74, 6) is -5.29. The van der Waals surface area contributed by atoms with Crippen LogP contribution in [-0.4, -0.2) is 35.3 Å². The van der Waals surface area contributed by atoms with E-state index in [4.69, 9.17) is 26.2 Å². The first-order valence-corrected chi connectivity index (χ1v) is 9.30. The zero-order valence-electron chi connectivity index (χ0n) is 15.8. The highest BCUT2D eigenvalue weighted by Gasteiger charge is 2.38. The fourth-order valence-electron chi connectivity index (χ4n) is 2.73. The minimum absolute atomic E-state index is 0.0820. The van der Waals surface area contributed by atoms with Crippen LogP contribution in [0.4, 0.5) is 26.3 Å². The molecule has 1 aliphatic heterocycles. The number of hydrogen-bond acceptors (Lipinski definition) is 4. The van der Waals surface area contributed by atoms with Gasteiger partial charge in [-0.2, -0.15) is 13.2 Å². The highest BCUT2D eigenvalue weighted by atomic mass is 35.5. The number of aromatic nitrogens is 1. The average Bonchev–Trinajstić information content (AvgIpc) is 2.69. The highest BCUT2D eigenvalue weighted by molar-refractivity contribution is 6.30. The van der Waals surface area contributed by atoms with Crippen molar-refractivity contribution in [1.29, 1.82) is 0 Å². The van der Waals surface area contributed by atoms with Crippen LogP contribution in [0.15, 0.2) is 24.3 Å². The van der Waals surface area contributed by atoms with E-state index in [0.717, 1.165) is 38.1 Å². The van der Waals surface area contributed by atoms with Crippen LogP contribution < -0.4 is 10.1 Å². The van der Waals surface area contributed by atoms with Crippen LogP contribution in [0.3, 0.4) is 0 Å². The van der Waals surface area contributed by atoms with E-state index in [2.05, 4.69) is 10.3 Å². The molecule has 0 unspecified atom stereocenters. The van der Waals surface area contributed by atoms with Crippen LogP contribution in [0.5, 0.6) is 5.88 Å². The van der Waals surface area contributed by atoms with Gasteiger partial charge < -0.3 is 15.2 Å². The van der Waals surface area contributed by atoms with Crippen molar-refractivity contribution in [3.63, 3.8) is 0 Å².